The molecule has 0 radical (unpaired) electrons. The number of hydrogen-bond donors (Lipinski definition) is 0. The van der Waals surface area contributed by atoms with E-state index >= 15 is 0 Å². The van der Waals surface area contributed by atoms with Crippen molar-refractivity contribution in [1.82, 2.24) is 0 Å². The fourth-order valence-electron chi connectivity index (χ4n) is 4.75. The number of rotatable bonds is 0. The minimum Gasteiger partial charge on any atom is -0.0727 e. The van der Waals surface area contributed by atoms with Crippen LogP contribution in [0, 0.1) is 5.41 Å². The molecule has 0 aromatic heterocycles. The molecule has 0 aliphatic heterocycles. The van der Waals surface area contributed by atoms with Gasteiger partial charge < -0.3 is 0 Å². The summed E-state index contributed by atoms with van der Waals surface area (Å²) in [4.78, 5) is 0. The summed E-state index contributed by atoms with van der Waals surface area (Å²) in [5, 5.41) is 0. The van der Waals surface area contributed by atoms with E-state index in [0.717, 1.165) is 0 Å². The highest BCUT2D eigenvalue weighted by Gasteiger charge is 2.71. The monoisotopic (exact) mass is 244 g/mol. The molecule has 0 heterocycles. The van der Waals surface area contributed by atoms with Crippen molar-refractivity contribution in [3.8, 4) is 0 Å². The third-order valence-corrected chi connectivity index (χ3v) is 5.67. The summed E-state index contributed by atoms with van der Waals surface area (Å²) < 4.78 is 0. The van der Waals surface area contributed by atoms with Crippen LogP contribution < -0.4 is 0 Å². The largest absolute Gasteiger partial charge is 0.0727 e. The molecule has 0 saturated heterocycles. The van der Waals surface area contributed by atoms with E-state index in [-0.39, 0.29) is 0 Å². The van der Waals surface area contributed by atoms with Gasteiger partial charge in [0.1, 0.15) is 0 Å². The second-order valence-corrected chi connectivity index (χ2v) is 6.43. The maximum absolute atomic E-state index is 2.49. The van der Waals surface area contributed by atoms with Crippen LogP contribution in [0.5, 0.6) is 0 Å². The number of hydrogen-bond acceptors (Lipinski definition) is 0. The van der Waals surface area contributed by atoms with Gasteiger partial charge in [-0.1, -0.05) is 54.6 Å². The number of allylic oxidation sites excluding steroid dienone is 8. The molecule has 2 unspecified atom stereocenters. The van der Waals surface area contributed by atoms with E-state index in [1.807, 2.05) is 0 Å². The quantitative estimate of drug-likeness (QED) is 0.627. The first-order valence-electron chi connectivity index (χ1n) is 7.15. The van der Waals surface area contributed by atoms with E-state index in [1.165, 1.54) is 29.6 Å². The van der Waals surface area contributed by atoms with Gasteiger partial charge >= 0.3 is 0 Å². The van der Waals surface area contributed by atoms with Crippen molar-refractivity contribution >= 4 is 5.57 Å². The van der Waals surface area contributed by atoms with Gasteiger partial charge in [0.05, 0.1) is 0 Å². The number of fused-ring (bicyclic) bond motifs is 3. The van der Waals surface area contributed by atoms with Gasteiger partial charge in [-0.2, -0.15) is 0 Å². The zero-order valence-electron chi connectivity index (χ0n) is 11.1. The Bertz CT molecular complexity index is 741. The maximum atomic E-state index is 2.49. The molecular weight excluding hydrogens is 228 g/mol. The smallest absolute Gasteiger partial charge is 0.0251 e. The lowest BCUT2D eigenvalue weighted by Gasteiger charge is -2.35. The number of benzene rings is 1. The van der Waals surface area contributed by atoms with Crippen LogP contribution in [0.1, 0.15) is 30.9 Å². The Morgan fingerprint density at radius 3 is 2.95 bits per heavy atom. The average Bonchev–Trinajstić information content (AvgIpc) is 3.15. The van der Waals surface area contributed by atoms with E-state index in [9.17, 15) is 0 Å². The highest BCUT2D eigenvalue weighted by atomic mass is 14.7. The third kappa shape index (κ3) is 0.929. The molecule has 2 bridgehead atoms. The van der Waals surface area contributed by atoms with Gasteiger partial charge in [0.2, 0.25) is 0 Å². The zero-order chi connectivity index (χ0) is 12.7. The Hall–Kier alpha value is -1.82. The molecule has 1 saturated carbocycles. The zero-order valence-corrected chi connectivity index (χ0v) is 11.1. The summed E-state index contributed by atoms with van der Waals surface area (Å²) in [6, 6.07) is 9.02. The Kier molecular flexibility index (Phi) is 1.50. The van der Waals surface area contributed by atoms with E-state index in [2.05, 4.69) is 61.6 Å². The SMILES string of the molecule is CC1=C2C=CC=C3CC24CC4(C=C1)c1ccccc13. The van der Waals surface area contributed by atoms with Crippen molar-refractivity contribution in [2.24, 2.45) is 5.41 Å². The van der Waals surface area contributed by atoms with Gasteiger partial charge in [0.15, 0.2) is 0 Å². The van der Waals surface area contributed by atoms with Gasteiger partial charge in [-0.15, -0.1) is 0 Å². The van der Waals surface area contributed by atoms with Gasteiger partial charge in [-0.25, -0.2) is 0 Å². The molecule has 2 atom stereocenters. The molecule has 0 amide bonds. The highest BCUT2D eigenvalue weighted by molar-refractivity contribution is 5.81. The van der Waals surface area contributed by atoms with Crippen molar-refractivity contribution < 1.29 is 0 Å². The van der Waals surface area contributed by atoms with Crippen LogP contribution in [0.15, 0.2) is 65.8 Å². The molecule has 0 N–H and O–H groups in total. The van der Waals surface area contributed by atoms with Crippen molar-refractivity contribution in [2.75, 3.05) is 0 Å². The Balaban J connectivity index is 1.92. The van der Waals surface area contributed by atoms with Crippen molar-refractivity contribution in [3.05, 3.63) is 76.9 Å². The summed E-state index contributed by atoms with van der Waals surface area (Å²) in [5.41, 5.74) is 8.26. The van der Waals surface area contributed by atoms with Gasteiger partial charge in [-0.3, -0.25) is 0 Å². The molecule has 1 spiro atoms. The van der Waals surface area contributed by atoms with E-state index in [1.54, 1.807) is 11.1 Å². The van der Waals surface area contributed by atoms with Gasteiger partial charge in [-0.05, 0) is 47.6 Å². The van der Waals surface area contributed by atoms with Crippen molar-refractivity contribution in [3.63, 3.8) is 0 Å². The molecule has 19 heavy (non-hydrogen) atoms. The lowest BCUT2D eigenvalue weighted by molar-refractivity contribution is 0.538. The molecule has 92 valence electrons. The summed E-state index contributed by atoms with van der Waals surface area (Å²) in [6.07, 6.45) is 14.3. The lowest BCUT2D eigenvalue weighted by Crippen LogP contribution is -2.26. The summed E-state index contributed by atoms with van der Waals surface area (Å²) in [5.74, 6) is 0. The van der Waals surface area contributed by atoms with Crippen LogP contribution in [0.25, 0.3) is 5.57 Å². The average molecular weight is 244 g/mol. The normalized spacial score (nSPS) is 36.4. The van der Waals surface area contributed by atoms with Crippen LogP contribution in [-0.4, -0.2) is 0 Å². The second kappa shape index (κ2) is 2.85. The molecule has 1 aromatic rings. The first kappa shape index (κ1) is 10.0. The molecule has 1 aromatic carbocycles. The standard InChI is InChI=1S/C19H16/c1-13-9-10-18-12-19(18)11-14(5-4-8-16(13)19)15-6-2-3-7-17(15)18/h2-10H,11-12H2,1H3. The third-order valence-electron chi connectivity index (χ3n) is 5.67. The Morgan fingerprint density at radius 2 is 2.00 bits per heavy atom. The molecular formula is C19H16. The summed E-state index contributed by atoms with van der Waals surface area (Å²) in [7, 11) is 0. The predicted molar refractivity (Wildman–Crippen MR) is 78.7 cm³/mol. The van der Waals surface area contributed by atoms with E-state index in [0.29, 0.717) is 10.8 Å². The minimum absolute atomic E-state index is 0.296. The van der Waals surface area contributed by atoms with Crippen LogP contribution in [0.4, 0.5) is 0 Å². The van der Waals surface area contributed by atoms with Crippen LogP contribution in [0.2, 0.25) is 0 Å². The molecule has 4 aliphatic carbocycles. The van der Waals surface area contributed by atoms with Gasteiger partial charge in [0.25, 0.3) is 0 Å². The lowest BCUT2D eigenvalue weighted by atomic mass is 9.68. The van der Waals surface area contributed by atoms with Crippen LogP contribution in [0.3, 0.4) is 0 Å². The van der Waals surface area contributed by atoms with E-state index in [4.69, 9.17) is 0 Å². The Morgan fingerprint density at radius 1 is 1.11 bits per heavy atom. The van der Waals surface area contributed by atoms with Gasteiger partial charge in [0, 0.05) is 10.8 Å². The molecule has 0 nitrogen and oxygen atoms in total. The minimum atomic E-state index is 0.296. The van der Waals surface area contributed by atoms with Crippen LogP contribution in [-0.2, 0) is 5.41 Å². The van der Waals surface area contributed by atoms with E-state index < -0.39 is 0 Å². The highest BCUT2D eigenvalue weighted by Crippen LogP contribution is 2.77. The molecule has 4 aliphatic rings. The predicted octanol–water partition coefficient (Wildman–Crippen LogP) is 4.56. The van der Waals surface area contributed by atoms with Crippen LogP contribution >= 0.6 is 0 Å². The first-order valence-corrected chi connectivity index (χ1v) is 7.15. The molecule has 0 heteroatoms. The maximum Gasteiger partial charge on any atom is 0.0251 e. The fourth-order valence-corrected chi connectivity index (χ4v) is 4.75. The summed E-state index contributed by atoms with van der Waals surface area (Å²) in [6.45, 7) is 2.26. The fraction of sp³-hybridized carbons (Fsp3) is 0.263. The summed E-state index contributed by atoms with van der Waals surface area (Å²) >= 11 is 0. The topological polar surface area (TPSA) is 0 Å². The molecule has 1 fully saturated rings. The first-order chi connectivity index (χ1) is 9.27. The van der Waals surface area contributed by atoms with Crippen molar-refractivity contribution in [2.45, 2.75) is 25.2 Å². The second-order valence-electron chi connectivity index (χ2n) is 6.43. The van der Waals surface area contributed by atoms with Crippen molar-refractivity contribution in [1.29, 1.82) is 0 Å². The Labute approximate surface area is 113 Å². The molecule has 5 rings (SSSR count).